The molecule has 7 nitrogen and oxygen atoms in total. The number of aliphatic carboxylic acids is 1. The summed E-state index contributed by atoms with van der Waals surface area (Å²) < 4.78 is 55.9. The van der Waals surface area contributed by atoms with Crippen LogP contribution in [0.25, 0.3) is 0 Å². The number of nitrogens with one attached hydrogen (secondary N) is 2. The predicted molar refractivity (Wildman–Crippen MR) is 134 cm³/mol. The zero-order chi connectivity index (χ0) is 27.7. The molecule has 0 unspecified atom stereocenters. The molecule has 3 N–H and O–H groups in total. The van der Waals surface area contributed by atoms with E-state index >= 15 is 0 Å². The minimum atomic E-state index is -4.50. The van der Waals surface area contributed by atoms with E-state index in [2.05, 4.69) is 20.5 Å². The Hall–Kier alpha value is -3.47. The number of halogens is 4. The first kappa shape index (κ1) is 27.6. The highest BCUT2D eigenvalue weighted by atomic mass is 19.4. The Morgan fingerprint density at radius 1 is 1.26 bits per heavy atom. The van der Waals surface area contributed by atoms with Crippen molar-refractivity contribution in [2.24, 2.45) is 5.41 Å². The van der Waals surface area contributed by atoms with E-state index in [1.807, 2.05) is 18.7 Å². The molecule has 1 saturated heterocycles. The van der Waals surface area contributed by atoms with E-state index < -0.39 is 35.0 Å². The quantitative estimate of drug-likeness (QED) is 0.296. The Bertz CT molecular complexity index is 1290. The fourth-order valence-electron chi connectivity index (χ4n) is 5.43. The molecule has 3 aromatic rings. The number of carbonyl (C=O) groups is 1. The third-order valence-corrected chi connectivity index (χ3v) is 7.47. The second kappa shape index (κ2) is 10.7. The Labute approximate surface area is 218 Å². The number of benzene rings is 1. The minimum Gasteiger partial charge on any atom is -0.481 e. The Balaban J connectivity index is 1.59. The van der Waals surface area contributed by atoms with E-state index in [-0.39, 0.29) is 43.1 Å². The summed E-state index contributed by atoms with van der Waals surface area (Å²) in [5.41, 5.74) is -1.01. The van der Waals surface area contributed by atoms with Crippen LogP contribution >= 0.6 is 0 Å². The van der Waals surface area contributed by atoms with Gasteiger partial charge >= 0.3 is 12.1 Å². The number of piperidine rings is 1. The molecule has 3 atom stereocenters. The van der Waals surface area contributed by atoms with Crippen LogP contribution in [0.4, 0.5) is 29.2 Å². The SMILES string of the molecule is CC[C@@H]1C[C@](Cc2nc(Nc3cc(C)[nH]n3)ccc2F)(C(=O)O)CCN1[C@H](C)c1ccccc1C(F)(F)F. The minimum absolute atomic E-state index is 0.0171. The predicted octanol–water partition coefficient (Wildman–Crippen LogP) is 6.26. The van der Waals surface area contributed by atoms with Gasteiger partial charge in [-0.05, 0) is 56.9 Å². The van der Waals surface area contributed by atoms with Crippen molar-refractivity contribution in [3.63, 3.8) is 0 Å². The van der Waals surface area contributed by atoms with Gasteiger partial charge in [-0.25, -0.2) is 9.37 Å². The van der Waals surface area contributed by atoms with Crippen molar-refractivity contribution in [3.05, 3.63) is 70.8 Å². The lowest BCUT2D eigenvalue weighted by molar-refractivity contribution is -0.154. The van der Waals surface area contributed by atoms with Crippen LogP contribution in [0, 0.1) is 18.2 Å². The smallest absolute Gasteiger partial charge is 0.416 e. The van der Waals surface area contributed by atoms with E-state index in [1.54, 1.807) is 19.1 Å². The summed E-state index contributed by atoms with van der Waals surface area (Å²) in [5.74, 6) is -0.859. The molecule has 0 radical (unpaired) electrons. The lowest BCUT2D eigenvalue weighted by atomic mass is 9.71. The Kier molecular flexibility index (Phi) is 7.78. The van der Waals surface area contributed by atoms with Gasteiger partial charge in [-0.2, -0.15) is 18.3 Å². The molecule has 1 aliphatic rings. The zero-order valence-corrected chi connectivity index (χ0v) is 21.4. The standard InChI is InChI=1S/C27H31F4N5O2/c1-4-18-14-26(25(37)38,11-12-36(18)17(3)19-7-5-6-8-20(19)27(29,30)31)15-22-21(28)9-10-23(32-22)33-24-13-16(2)34-35-24/h5-10,13,17-18H,4,11-12,14-15H2,1-3H3,(H,37,38)(H2,32,33,34,35)/t17-,18-,26-/m1/s1. The van der Waals surface area contributed by atoms with E-state index in [4.69, 9.17) is 0 Å². The second-order valence-electron chi connectivity index (χ2n) is 9.96. The summed E-state index contributed by atoms with van der Waals surface area (Å²) in [7, 11) is 0. The molecule has 2 aromatic heterocycles. The summed E-state index contributed by atoms with van der Waals surface area (Å²) in [4.78, 5) is 18.9. The molecule has 38 heavy (non-hydrogen) atoms. The van der Waals surface area contributed by atoms with Gasteiger partial charge in [0.25, 0.3) is 0 Å². The molecule has 0 aliphatic carbocycles. The molecule has 0 spiro atoms. The van der Waals surface area contributed by atoms with Crippen molar-refractivity contribution in [2.45, 2.75) is 64.7 Å². The van der Waals surface area contributed by atoms with Gasteiger partial charge in [0.15, 0.2) is 5.82 Å². The summed E-state index contributed by atoms with van der Waals surface area (Å²) in [6.07, 6.45) is -3.79. The monoisotopic (exact) mass is 533 g/mol. The van der Waals surface area contributed by atoms with E-state index in [0.717, 1.165) is 11.8 Å². The lowest BCUT2D eigenvalue weighted by Gasteiger charge is -2.47. The molecule has 1 fully saturated rings. The number of hydrogen-bond acceptors (Lipinski definition) is 5. The zero-order valence-electron chi connectivity index (χ0n) is 21.4. The average Bonchev–Trinajstić information content (AvgIpc) is 3.29. The van der Waals surface area contributed by atoms with Gasteiger partial charge in [0.1, 0.15) is 11.6 Å². The van der Waals surface area contributed by atoms with Crippen molar-refractivity contribution < 1.29 is 27.5 Å². The van der Waals surface area contributed by atoms with Crippen molar-refractivity contribution in [1.29, 1.82) is 0 Å². The fourth-order valence-corrected chi connectivity index (χ4v) is 5.43. The highest BCUT2D eigenvalue weighted by molar-refractivity contribution is 5.75. The van der Waals surface area contributed by atoms with Crippen molar-refractivity contribution >= 4 is 17.6 Å². The number of hydrogen-bond donors (Lipinski definition) is 3. The van der Waals surface area contributed by atoms with Gasteiger partial charge in [-0.15, -0.1) is 0 Å². The number of H-pyrrole nitrogens is 1. The number of carboxylic acids is 1. The first-order chi connectivity index (χ1) is 17.9. The first-order valence-corrected chi connectivity index (χ1v) is 12.5. The first-order valence-electron chi connectivity index (χ1n) is 12.5. The van der Waals surface area contributed by atoms with Gasteiger partial charge in [-0.1, -0.05) is 25.1 Å². The molecular formula is C27H31F4N5O2. The van der Waals surface area contributed by atoms with E-state index in [0.29, 0.717) is 18.1 Å². The number of aromatic amines is 1. The number of aromatic nitrogens is 3. The van der Waals surface area contributed by atoms with E-state index in [1.165, 1.54) is 24.3 Å². The molecule has 0 bridgehead atoms. The molecule has 1 aromatic carbocycles. The highest BCUT2D eigenvalue weighted by Gasteiger charge is 2.47. The van der Waals surface area contributed by atoms with Crippen molar-refractivity contribution in [3.8, 4) is 0 Å². The Morgan fingerprint density at radius 3 is 2.63 bits per heavy atom. The summed E-state index contributed by atoms with van der Waals surface area (Å²) >= 11 is 0. The number of carboxylic acid groups (broad SMARTS) is 1. The number of likely N-dealkylation sites (tertiary alicyclic amines) is 1. The van der Waals surface area contributed by atoms with Gasteiger partial charge in [0.05, 0.1) is 16.7 Å². The number of nitrogens with zero attached hydrogens (tertiary/aromatic N) is 3. The second-order valence-corrected chi connectivity index (χ2v) is 9.96. The number of rotatable bonds is 8. The van der Waals surface area contributed by atoms with Gasteiger partial charge < -0.3 is 10.4 Å². The third kappa shape index (κ3) is 5.67. The maximum atomic E-state index is 14.8. The fraction of sp³-hybridized carbons (Fsp3) is 0.444. The van der Waals surface area contributed by atoms with Crippen LogP contribution in [0.15, 0.2) is 42.5 Å². The largest absolute Gasteiger partial charge is 0.481 e. The summed E-state index contributed by atoms with van der Waals surface area (Å²) in [5, 5.41) is 20.2. The molecular weight excluding hydrogens is 502 g/mol. The number of aryl methyl sites for hydroxylation is 1. The normalized spacial score (nSPS) is 21.3. The maximum Gasteiger partial charge on any atom is 0.416 e. The molecule has 1 aliphatic heterocycles. The summed E-state index contributed by atoms with van der Waals surface area (Å²) in [6, 6.07) is 9.03. The Morgan fingerprint density at radius 2 is 2.00 bits per heavy atom. The maximum absolute atomic E-state index is 14.8. The van der Waals surface area contributed by atoms with Crippen LogP contribution in [-0.2, 0) is 17.4 Å². The number of alkyl halides is 3. The van der Waals surface area contributed by atoms with Crippen LogP contribution in [0.2, 0.25) is 0 Å². The van der Waals surface area contributed by atoms with Crippen LogP contribution in [0.1, 0.15) is 61.7 Å². The molecule has 0 saturated carbocycles. The van der Waals surface area contributed by atoms with Crippen molar-refractivity contribution in [2.75, 3.05) is 11.9 Å². The topological polar surface area (TPSA) is 94.1 Å². The van der Waals surface area contributed by atoms with Gasteiger partial charge in [-0.3, -0.25) is 14.8 Å². The molecule has 11 heteroatoms. The molecule has 3 heterocycles. The highest BCUT2D eigenvalue weighted by Crippen LogP contribution is 2.44. The van der Waals surface area contributed by atoms with E-state index in [9.17, 15) is 27.5 Å². The van der Waals surface area contributed by atoms with Gasteiger partial charge in [0.2, 0.25) is 0 Å². The van der Waals surface area contributed by atoms with Crippen molar-refractivity contribution in [1.82, 2.24) is 20.1 Å². The lowest BCUT2D eigenvalue weighted by Crippen LogP contribution is -2.51. The summed E-state index contributed by atoms with van der Waals surface area (Å²) in [6.45, 7) is 5.68. The average molecular weight is 534 g/mol. The third-order valence-electron chi connectivity index (χ3n) is 7.47. The van der Waals surface area contributed by atoms with Gasteiger partial charge in [0, 0.05) is 36.8 Å². The van der Waals surface area contributed by atoms with Crippen LogP contribution in [0.3, 0.4) is 0 Å². The molecule has 0 amide bonds. The van der Waals surface area contributed by atoms with Crippen LogP contribution in [-0.4, -0.2) is 43.7 Å². The number of pyridine rings is 1. The van der Waals surface area contributed by atoms with Crippen LogP contribution < -0.4 is 5.32 Å². The molecule has 4 rings (SSSR count). The number of anilines is 2. The molecule has 204 valence electrons. The van der Waals surface area contributed by atoms with Crippen LogP contribution in [0.5, 0.6) is 0 Å².